The molecule has 2 aliphatic carbocycles. The van der Waals surface area contributed by atoms with Gasteiger partial charge in [0.25, 0.3) is 0 Å². The Bertz CT molecular complexity index is 1120. The third-order valence-corrected chi connectivity index (χ3v) is 10.6. The molecule has 0 aromatic heterocycles. The molecule has 2 fully saturated rings. The summed E-state index contributed by atoms with van der Waals surface area (Å²) >= 11 is 0. The molecule has 2 aliphatic rings. The molecule has 4 aromatic carbocycles. The molecule has 4 atom stereocenters. The summed E-state index contributed by atoms with van der Waals surface area (Å²) in [6.07, 6.45) is 3.56. The van der Waals surface area contributed by atoms with Crippen LogP contribution in [0.3, 0.4) is 0 Å². The van der Waals surface area contributed by atoms with Crippen LogP contribution in [-0.2, 0) is 20.2 Å². The van der Waals surface area contributed by atoms with Crippen molar-refractivity contribution in [3.05, 3.63) is 144 Å². The number of fused-ring (bicyclic) bond motifs is 2. The van der Waals surface area contributed by atoms with Gasteiger partial charge in [0, 0.05) is 0 Å². The predicted molar refractivity (Wildman–Crippen MR) is 162 cm³/mol. The van der Waals surface area contributed by atoms with Crippen molar-refractivity contribution in [1.82, 2.24) is 0 Å². The molecule has 0 aliphatic heterocycles. The van der Waals surface area contributed by atoms with E-state index in [1.165, 1.54) is 28.7 Å². The molecule has 0 amide bonds. The first-order valence-electron chi connectivity index (χ1n) is 13.6. The third-order valence-electron chi connectivity index (χ3n) is 9.36. The number of rotatable bonds is 8. The van der Waals surface area contributed by atoms with Crippen molar-refractivity contribution < 1.29 is 9.05 Å². The molecule has 0 heterocycles. The van der Waals surface area contributed by atoms with Gasteiger partial charge in [-0.25, -0.2) is 0 Å². The van der Waals surface area contributed by atoms with E-state index < -0.39 is 0 Å². The van der Waals surface area contributed by atoms with E-state index >= 15 is 0 Å². The molecule has 6 rings (SSSR count). The molecule has 4 heteroatoms. The zero-order valence-electron chi connectivity index (χ0n) is 21.8. The van der Waals surface area contributed by atoms with Crippen LogP contribution in [-0.4, -0.2) is 0 Å². The fourth-order valence-corrected chi connectivity index (χ4v) is 9.53. The standard InChI is InChI=1S/C33H38O2P2/c36-34-32(26-13-5-1-6-14-26,27-15-7-2-8-16-27)30-22-25-21-24(30)23-31(25)33(35-37,28-17-9-3-10-18-28)29-19-11-4-12-20-29/h1-20,24-25,30-31H,21-23H2,36-37H4. The SMILES string of the molecule is [PH4]OC(c1ccccc1)(c1ccccc1)C1CC2CC1CC2C(O[PH4])(c1ccccc1)c1ccccc1. The van der Waals surface area contributed by atoms with Gasteiger partial charge < -0.3 is 0 Å². The second-order valence-corrected chi connectivity index (χ2v) is 11.6. The Balaban J connectivity index is 1.43. The topological polar surface area (TPSA) is 18.5 Å². The molecular formula is C33H38O2P2. The van der Waals surface area contributed by atoms with Gasteiger partial charge in [-0.1, -0.05) is 0 Å². The van der Waals surface area contributed by atoms with E-state index in [9.17, 15) is 0 Å². The molecule has 37 heavy (non-hydrogen) atoms. The van der Waals surface area contributed by atoms with Crippen LogP contribution in [0.25, 0.3) is 0 Å². The van der Waals surface area contributed by atoms with E-state index in [2.05, 4.69) is 121 Å². The molecule has 4 aromatic rings. The average Bonchev–Trinajstić information content (AvgIpc) is 3.59. The summed E-state index contributed by atoms with van der Waals surface area (Å²) in [7, 11) is 1.37. The van der Waals surface area contributed by atoms with E-state index in [-0.39, 0.29) is 11.2 Å². The first kappa shape index (κ1) is 25.0. The van der Waals surface area contributed by atoms with Crippen LogP contribution in [0.1, 0.15) is 41.5 Å². The fourth-order valence-electron chi connectivity index (χ4n) is 7.98. The van der Waals surface area contributed by atoms with Gasteiger partial charge in [0.15, 0.2) is 0 Å². The zero-order valence-corrected chi connectivity index (χ0v) is 25.8. The average molecular weight is 529 g/mol. The van der Waals surface area contributed by atoms with E-state index in [0.29, 0.717) is 42.6 Å². The Kier molecular flexibility index (Phi) is 7.04. The fraction of sp³-hybridized carbons (Fsp3) is 0.273. The van der Waals surface area contributed by atoms with Crippen molar-refractivity contribution in [3.8, 4) is 0 Å². The van der Waals surface area contributed by atoms with Crippen molar-refractivity contribution in [2.45, 2.75) is 30.5 Å². The molecule has 192 valence electrons. The van der Waals surface area contributed by atoms with E-state index in [4.69, 9.17) is 9.05 Å². The molecule has 0 N–H and O–H groups in total. The van der Waals surface area contributed by atoms with Crippen LogP contribution >= 0.6 is 18.9 Å². The molecule has 0 saturated heterocycles. The van der Waals surface area contributed by atoms with Gasteiger partial charge in [0.1, 0.15) is 0 Å². The van der Waals surface area contributed by atoms with Crippen LogP contribution in [0.2, 0.25) is 0 Å². The Labute approximate surface area is 225 Å². The van der Waals surface area contributed by atoms with E-state index in [1.54, 1.807) is 0 Å². The molecule has 4 unspecified atom stereocenters. The quantitative estimate of drug-likeness (QED) is 0.228. The second kappa shape index (κ2) is 10.4. The van der Waals surface area contributed by atoms with E-state index in [1.807, 2.05) is 0 Å². The van der Waals surface area contributed by atoms with Crippen molar-refractivity contribution >= 4 is 18.9 Å². The molecule has 2 nitrogen and oxygen atoms in total. The molecule has 0 radical (unpaired) electrons. The molecular weight excluding hydrogens is 490 g/mol. The first-order valence-corrected chi connectivity index (χ1v) is 15.2. The number of benzene rings is 4. The minimum atomic E-state index is -0.386. The Morgan fingerprint density at radius 2 is 0.703 bits per heavy atom. The second-order valence-electron chi connectivity index (χ2n) is 10.8. The zero-order chi connectivity index (χ0) is 25.3. The van der Waals surface area contributed by atoms with Crippen LogP contribution in [0.5, 0.6) is 0 Å². The van der Waals surface area contributed by atoms with Gasteiger partial charge in [-0.2, -0.15) is 0 Å². The maximum absolute atomic E-state index is 6.78. The summed E-state index contributed by atoms with van der Waals surface area (Å²) in [5, 5.41) is 0. The molecule has 2 bridgehead atoms. The summed E-state index contributed by atoms with van der Waals surface area (Å²) in [5.41, 5.74) is 4.40. The van der Waals surface area contributed by atoms with Crippen LogP contribution in [0, 0.1) is 23.7 Å². The van der Waals surface area contributed by atoms with Gasteiger partial charge >= 0.3 is 226 Å². The van der Waals surface area contributed by atoms with Gasteiger partial charge in [0.05, 0.1) is 0 Å². The van der Waals surface area contributed by atoms with Gasteiger partial charge in [-0.05, 0) is 0 Å². The van der Waals surface area contributed by atoms with Gasteiger partial charge in [0.2, 0.25) is 0 Å². The van der Waals surface area contributed by atoms with Gasteiger partial charge in [-0.15, -0.1) is 0 Å². The monoisotopic (exact) mass is 528 g/mol. The van der Waals surface area contributed by atoms with Crippen LogP contribution < -0.4 is 0 Å². The van der Waals surface area contributed by atoms with Gasteiger partial charge in [-0.3, -0.25) is 0 Å². The summed E-state index contributed by atoms with van der Waals surface area (Å²) in [6, 6.07) is 43.9. The van der Waals surface area contributed by atoms with E-state index in [0.717, 1.165) is 12.8 Å². The Morgan fingerprint density at radius 1 is 0.432 bits per heavy atom. The minimum absolute atomic E-state index is 0.386. The first-order chi connectivity index (χ1) is 18.2. The Hall–Kier alpha value is -2.34. The summed E-state index contributed by atoms with van der Waals surface area (Å²) in [6.45, 7) is 0. The molecule has 2 saturated carbocycles. The van der Waals surface area contributed by atoms with Crippen molar-refractivity contribution in [3.63, 3.8) is 0 Å². The van der Waals surface area contributed by atoms with Crippen molar-refractivity contribution in [2.75, 3.05) is 0 Å². The summed E-state index contributed by atoms with van der Waals surface area (Å²) in [5.74, 6) is 2.09. The molecule has 0 spiro atoms. The van der Waals surface area contributed by atoms with Crippen LogP contribution in [0.4, 0.5) is 0 Å². The summed E-state index contributed by atoms with van der Waals surface area (Å²) < 4.78 is 13.6. The third kappa shape index (κ3) is 4.02. The Morgan fingerprint density at radius 3 is 0.919 bits per heavy atom. The number of hydrogen-bond acceptors (Lipinski definition) is 2. The van der Waals surface area contributed by atoms with Crippen LogP contribution in [0.15, 0.2) is 121 Å². The number of hydrogen-bond donors (Lipinski definition) is 0. The summed E-state index contributed by atoms with van der Waals surface area (Å²) in [4.78, 5) is 0. The van der Waals surface area contributed by atoms with Crippen molar-refractivity contribution in [1.29, 1.82) is 0 Å². The van der Waals surface area contributed by atoms with Crippen molar-refractivity contribution in [2.24, 2.45) is 23.7 Å². The predicted octanol–water partition coefficient (Wildman–Crippen LogP) is 7.08. The maximum atomic E-state index is 6.78. The normalized spacial score (nSPS) is 23.4.